The van der Waals surface area contributed by atoms with Crippen molar-refractivity contribution < 1.29 is 9.53 Å². The van der Waals surface area contributed by atoms with Crippen LogP contribution in [0.3, 0.4) is 0 Å². The first-order valence-corrected chi connectivity index (χ1v) is 8.78. The van der Waals surface area contributed by atoms with Gasteiger partial charge >= 0.3 is 0 Å². The van der Waals surface area contributed by atoms with Gasteiger partial charge in [0.05, 0.1) is 17.7 Å². The number of thioether (sulfide) groups is 1. The molecule has 0 bridgehead atoms. The van der Waals surface area contributed by atoms with E-state index in [9.17, 15) is 4.79 Å². The molecule has 3 nitrogen and oxygen atoms in total. The van der Waals surface area contributed by atoms with Crippen molar-refractivity contribution in [2.24, 2.45) is 0 Å². The number of ether oxygens (including phenoxy) is 1. The molecule has 1 saturated heterocycles. The number of halogens is 1. The molecule has 24 heavy (non-hydrogen) atoms. The molecule has 0 saturated carbocycles. The summed E-state index contributed by atoms with van der Waals surface area (Å²) >= 11 is 12.8. The molecule has 1 heterocycles. The number of nitrogens with zero attached hydrogens (tertiary/aromatic N) is 1. The van der Waals surface area contributed by atoms with Gasteiger partial charge in [-0.25, -0.2) is 0 Å². The highest BCUT2D eigenvalue weighted by Gasteiger charge is 2.33. The Morgan fingerprint density at radius 1 is 1.21 bits per heavy atom. The van der Waals surface area contributed by atoms with E-state index >= 15 is 0 Å². The molecule has 6 heteroatoms. The summed E-state index contributed by atoms with van der Waals surface area (Å²) in [6.45, 7) is 1.92. The molecule has 2 aromatic carbocycles. The van der Waals surface area contributed by atoms with Crippen LogP contribution in [0.15, 0.2) is 47.4 Å². The Morgan fingerprint density at radius 3 is 2.54 bits per heavy atom. The molecule has 3 rings (SSSR count). The van der Waals surface area contributed by atoms with Crippen LogP contribution in [0.4, 0.5) is 5.69 Å². The summed E-state index contributed by atoms with van der Waals surface area (Å²) in [5, 5.41) is 0.612. The van der Waals surface area contributed by atoms with Crippen LogP contribution in [0.2, 0.25) is 5.02 Å². The lowest BCUT2D eigenvalue weighted by Gasteiger charge is -2.15. The minimum Gasteiger partial charge on any atom is -0.497 e. The Hall–Kier alpha value is -1.82. The molecule has 0 spiro atoms. The van der Waals surface area contributed by atoms with Crippen molar-refractivity contribution in [1.82, 2.24) is 0 Å². The number of carbonyl (C=O) groups excluding carboxylic acids is 1. The SMILES string of the molecule is COc1ccc(/C=C2\SC(=S)N(c3ccc(C)c(Cl)c3)C2=O)cc1. The lowest BCUT2D eigenvalue weighted by molar-refractivity contribution is -0.113. The van der Waals surface area contributed by atoms with E-state index in [-0.39, 0.29) is 5.91 Å². The maximum absolute atomic E-state index is 12.7. The van der Waals surface area contributed by atoms with E-state index in [2.05, 4.69) is 0 Å². The van der Waals surface area contributed by atoms with Gasteiger partial charge in [0.2, 0.25) is 0 Å². The van der Waals surface area contributed by atoms with Crippen LogP contribution in [0.1, 0.15) is 11.1 Å². The number of benzene rings is 2. The highest BCUT2D eigenvalue weighted by Crippen LogP contribution is 2.37. The predicted octanol–water partition coefficient (Wildman–Crippen LogP) is 5.06. The second kappa shape index (κ2) is 6.97. The predicted molar refractivity (Wildman–Crippen MR) is 105 cm³/mol. The summed E-state index contributed by atoms with van der Waals surface area (Å²) in [5.74, 6) is 0.634. The third-order valence-electron chi connectivity index (χ3n) is 3.62. The maximum Gasteiger partial charge on any atom is 0.270 e. The van der Waals surface area contributed by atoms with Gasteiger partial charge in [-0.15, -0.1) is 0 Å². The van der Waals surface area contributed by atoms with Crippen molar-refractivity contribution >= 4 is 57.6 Å². The molecule has 1 aliphatic heterocycles. The van der Waals surface area contributed by atoms with E-state index in [1.807, 2.05) is 49.4 Å². The second-order valence-electron chi connectivity index (χ2n) is 5.22. The molecular weight excluding hydrogens is 362 g/mol. The minimum absolute atomic E-state index is 0.138. The molecule has 0 N–H and O–H groups in total. The minimum atomic E-state index is -0.138. The van der Waals surface area contributed by atoms with Crippen LogP contribution >= 0.6 is 35.6 Å². The van der Waals surface area contributed by atoms with Crippen LogP contribution in [-0.4, -0.2) is 17.3 Å². The number of carbonyl (C=O) groups is 1. The van der Waals surface area contributed by atoms with Crippen LogP contribution in [0.25, 0.3) is 6.08 Å². The quantitative estimate of drug-likeness (QED) is 0.553. The molecule has 0 aliphatic carbocycles. The van der Waals surface area contributed by atoms with Gasteiger partial charge in [-0.3, -0.25) is 9.69 Å². The molecular formula is C18H14ClNO2S2. The largest absolute Gasteiger partial charge is 0.497 e. The maximum atomic E-state index is 12.7. The molecule has 0 aromatic heterocycles. The molecule has 122 valence electrons. The average molecular weight is 376 g/mol. The van der Waals surface area contributed by atoms with Gasteiger partial charge < -0.3 is 4.74 Å². The summed E-state index contributed by atoms with van der Waals surface area (Å²) in [6.07, 6.45) is 1.83. The first kappa shape index (κ1) is 17.0. The van der Waals surface area contributed by atoms with Crippen LogP contribution in [0.5, 0.6) is 5.75 Å². The smallest absolute Gasteiger partial charge is 0.270 e. The highest BCUT2D eigenvalue weighted by molar-refractivity contribution is 8.27. The number of amides is 1. The zero-order chi connectivity index (χ0) is 17.3. The lowest BCUT2D eigenvalue weighted by atomic mass is 10.2. The highest BCUT2D eigenvalue weighted by atomic mass is 35.5. The zero-order valence-corrected chi connectivity index (χ0v) is 15.5. The van der Waals surface area contributed by atoms with Crippen molar-refractivity contribution in [2.75, 3.05) is 12.0 Å². The Bertz CT molecular complexity index is 847. The van der Waals surface area contributed by atoms with Crippen molar-refractivity contribution in [3.05, 3.63) is 63.5 Å². The second-order valence-corrected chi connectivity index (χ2v) is 7.31. The number of hydrogen-bond acceptors (Lipinski definition) is 4. The normalized spacial score (nSPS) is 16.1. The van der Waals surface area contributed by atoms with E-state index in [4.69, 9.17) is 28.6 Å². The number of anilines is 1. The fourth-order valence-electron chi connectivity index (χ4n) is 2.26. The van der Waals surface area contributed by atoms with Gasteiger partial charge in [-0.05, 0) is 48.4 Å². The number of aryl methyl sites for hydroxylation is 1. The molecule has 1 fully saturated rings. The molecule has 1 aliphatic rings. The van der Waals surface area contributed by atoms with Gasteiger partial charge in [-0.1, -0.05) is 53.8 Å². The third-order valence-corrected chi connectivity index (χ3v) is 5.33. The molecule has 0 radical (unpaired) electrons. The molecule has 1 amide bonds. The Morgan fingerprint density at radius 2 is 1.92 bits per heavy atom. The standard InChI is InChI=1S/C18H14ClNO2S2/c1-11-3-6-13(10-15(11)19)20-17(21)16(24-18(20)23)9-12-4-7-14(22-2)8-5-12/h3-10H,1-2H3/b16-9-. The molecule has 0 unspecified atom stereocenters. The summed E-state index contributed by atoms with van der Waals surface area (Å²) < 4.78 is 5.64. The van der Waals surface area contributed by atoms with E-state index in [1.165, 1.54) is 16.7 Å². The first-order chi connectivity index (χ1) is 11.5. The summed E-state index contributed by atoms with van der Waals surface area (Å²) in [4.78, 5) is 14.8. The van der Waals surface area contributed by atoms with E-state index in [0.717, 1.165) is 16.9 Å². The topological polar surface area (TPSA) is 29.5 Å². The monoisotopic (exact) mass is 375 g/mol. The third kappa shape index (κ3) is 3.34. The Labute approximate surface area is 155 Å². The summed E-state index contributed by atoms with van der Waals surface area (Å²) in [7, 11) is 1.62. The van der Waals surface area contributed by atoms with Gasteiger partial charge in [0, 0.05) is 5.02 Å². The van der Waals surface area contributed by atoms with Crippen LogP contribution in [-0.2, 0) is 4.79 Å². The molecule has 0 atom stereocenters. The van der Waals surface area contributed by atoms with Crippen molar-refractivity contribution in [3.63, 3.8) is 0 Å². The van der Waals surface area contributed by atoms with Crippen molar-refractivity contribution in [3.8, 4) is 5.75 Å². The Kier molecular flexibility index (Phi) is 4.94. The fraction of sp³-hybridized carbons (Fsp3) is 0.111. The summed E-state index contributed by atoms with van der Waals surface area (Å²) in [5.41, 5.74) is 2.56. The number of methoxy groups -OCH3 is 1. The van der Waals surface area contributed by atoms with Crippen molar-refractivity contribution in [1.29, 1.82) is 0 Å². The van der Waals surface area contributed by atoms with Crippen LogP contribution < -0.4 is 9.64 Å². The van der Waals surface area contributed by atoms with E-state index in [0.29, 0.717) is 19.9 Å². The number of hydrogen-bond donors (Lipinski definition) is 0. The average Bonchev–Trinajstić information content (AvgIpc) is 2.85. The lowest BCUT2D eigenvalue weighted by Crippen LogP contribution is -2.27. The van der Waals surface area contributed by atoms with Gasteiger partial charge in [0.1, 0.15) is 5.75 Å². The zero-order valence-electron chi connectivity index (χ0n) is 13.1. The number of thiocarbonyl (C=S) groups is 1. The van der Waals surface area contributed by atoms with E-state index < -0.39 is 0 Å². The van der Waals surface area contributed by atoms with Crippen LogP contribution in [0, 0.1) is 6.92 Å². The molecule has 2 aromatic rings. The van der Waals surface area contributed by atoms with Gasteiger partial charge in [0.15, 0.2) is 4.32 Å². The number of rotatable bonds is 3. The summed E-state index contributed by atoms with van der Waals surface area (Å²) in [6, 6.07) is 13.0. The first-order valence-electron chi connectivity index (χ1n) is 7.18. The van der Waals surface area contributed by atoms with Gasteiger partial charge in [0.25, 0.3) is 5.91 Å². The van der Waals surface area contributed by atoms with E-state index in [1.54, 1.807) is 13.2 Å². The van der Waals surface area contributed by atoms with Crippen molar-refractivity contribution in [2.45, 2.75) is 6.92 Å². The van der Waals surface area contributed by atoms with Gasteiger partial charge in [-0.2, -0.15) is 0 Å². The Balaban J connectivity index is 1.90. The fourth-order valence-corrected chi connectivity index (χ4v) is 3.74.